The molecule has 0 atom stereocenters. The Morgan fingerprint density at radius 1 is 1.17 bits per heavy atom. The molecule has 0 bridgehead atoms. The van der Waals surface area contributed by atoms with Crippen molar-refractivity contribution in [2.24, 2.45) is 0 Å². The van der Waals surface area contributed by atoms with E-state index in [4.69, 9.17) is 5.73 Å². The number of pyridine rings is 1. The summed E-state index contributed by atoms with van der Waals surface area (Å²) in [6, 6.07) is 9.34. The summed E-state index contributed by atoms with van der Waals surface area (Å²) in [7, 11) is 0. The van der Waals surface area contributed by atoms with E-state index in [1.54, 1.807) is 24.7 Å². The predicted molar refractivity (Wildman–Crippen MR) is 95.1 cm³/mol. The van der Waals surface area contributed by atoms with Crippen molar-refractivity contribution in [3.63, 3.8) is 0 Å². The van der Waals surface area contributed by atoms with Crippen molar-refractivity contribution >= 4 is 33.6 Å². The lowest BCUT2D eigenvalue weighted by Gasteiger charge is -2.09. The maximum atomic E-state index is 12.4. The van der Waals surface area contributed by atoms with E-state index < -0.39 is 0 Å². The van der Waals surface area contributed by atoms with Crippen molar-refractivity contribution in [3.05, 3.63) is 66.2 Å². The molecular weight excluding hydrogens is 322 g/mol. The lowest BCUT2D eigenvalue weighted by atomic mass is 10.1. The molecule has 0 spiro atoms. The zero-order valence-electron chi connectivity index (χ0n) is 12.5. The minimum absolute atomic E-state index is 0.288. The summed E-state index contributed by atoms with van der Waals surface area (Å²) in [6.07, 6.45) is 7.01. The van der Waals surface area contributed by atoms with Gasteiger partial charge < -0.3 is 11.1 Å². The summed E-state index contributed by atoms with van der Waals surface area (Å²) in [4.78, 5) is 21.5. The number of nitrogens with two attached hydrogens (primary N) is 1. The smallest absolute Gasteiger partial charge is 0.275 e. The Hall–Kier alpha value is -3.19. The number of rotatable bonds is 3. The number of hydrogen-bond donors (Lipinski definition) is 2. The molecule has 3 N–H and O–H groups in total. The van der Waals surface area contributed by atoms with Crippen molar-refractivity contribution in [2.75, 3.05) is 11.1 Å². The van der Waals surface area contributed by atoms with Crippen LogP contribution in [0, 0.1) is 0 Å². The highest BCUT2D eigenvalue weighted by atomic mass is 32.1. The molecule has 0 aliphatic rings. The molecule has 0 unspecified atom stereocenters. The largest absolute Gasteiger partial charge is 0.397 e. The zero-order valence-corrected chi connectivity index (χ0v) is 13.3. The van der Waals surface area contributed by atoms with Crippen LogP contribution in [0.1, 0.15) is 10.5 Å². The molecule has 0 radical (unpaired) electrons. The average Bonchev–Trinajstić information content (AvgIpc) is 3.19. The van der Waals surface area contributed by atoms with E-state index in [0.717, 1.165) is 16.1 Å². The number of carbonyl (C=O) groups is 1. The van der Waals surface area contributed by atoms with Crippen molar-refractivity contribution in [1.29, 1.82) is 0 Å². The molecule has 7 heteroatoms. The van der Waals surface area contributed by atoms with Gasteiger partial charge in [-0.25, -0.2) is 4.98 Å². The molecular formula is C17H13N5OS. The van der Waals surface area contributed by atoms with Crippen LogP contribution in [0.15, 0.2) is 60.5 Å². The molecule has 4 rings (SSSR count). The number of thiazole rings is 1. The number of fused-ring (bicyclic) bond motifs is 1. The molecule has 1 amide bonds. The van der Waals surface area contributed by atoms with Crippen molar-refractivity contribution < 1.29 is 4.79 Å². The molecule has 0 aliphatic carbocycles. The topological polar surface area (TPSA) is 85.3 Å². The molecule has 118 valence electrons. The summed E-state index contributed by atoms with van der Waals surface area (Å²) in [5.41, 5.74) is 9.37. The second kappa shape index (κ2) is 5.78. The maximum absolute atomic E-state index is 12.4. The van der Waals surface area contributed by atoms with Crippen LogP contribution in [0.25, 0.3) is 16.1 Å². The van der Waals surface area contributed by atoms with Gasteiger partial charge in [-0.1, -0.05) is 6.07 Å². The van der Waals surface area contributed by atoms with Gasteiger partial charge in [-0.05, 0) is 35.4 Å². The number of carbonyl (C=O) groups excluding carboxylic acids is 1. The van der Waals surface area contributed by atoms with Crippen LogP contribution in [-0.4, -0.2) is 20.3 Å². The number of imidazole rings is 1. The summed E-state index contributed by atoms with van der Waals surface area (Å²) in [5.74, 6) is -0.288. The van der Waals surface area contributed by atoms with Gasteiger partial charge in [0, 0.05) is 30.2 Å². The third-order valence-electron chi connectivity index (χ3n) is 3.64. The second-order valence-electron chi connectivity index (χ2n) is 5.21. The first-order valence-corrected chi connectivity index (χ1v) is 8.12. The summed E-state index contributed by atoms with van der Waals surface area (Å²) in [5, 5.41) is 4.75. The van der Waals surface area contributed by atoms with Crippen LogP contribution in [0.5, 0.6) is 0 Å². The molecule has 0 saturated heterocycles. The first-order valence-electron chi connectivity index (χ1n) is 7.24. The highest BCUT2D eigenvalue weighted by Gasteiger charge is 2.13. The molecule has 0 aliphatic heterocycles. The normalized spacial score (nSPS) is 10.8. The van der Waals surface area contributed by atoms with Crippen molar-refractivity contribution in [1.82, 2.24) is 14.4 Å². The Morgan fingerprint density at radius 3 is 2.79 bits per heavy atom. The van der Waals surface area contributed by atoms with Gasteiger partial charge in [-0.2, -0.15) is 0 Å². The van der Waals surface area contributed by atoms with Gasteiger partial charge in [0.25, 0.3) is 5.91 Å². The number of aromatic nitrogens is 3. The van der Waals surface area contributed by atoms with Crippen LogP contribution < -0.4 is 11.1 Å². The summed E-state index contributed by atoms with van der Waals surface area (Å²) < 4.78 is 1.82. The fourth-order valence-corrected chi connectivity index (χ4v) is 3.11. The number of hydrogen-bond acceptors (Lipinski definition) is 5. The van der Waals surface area contributed by atoms with E-state index in [9.17, 15) is 4.79 Å². The number of nitrogens with zero attached hydrogens (tertiary/aromatic N) is 3. The van der Waals surface area contributed by atoms with Gasteiger partial charge in [0.15, 0.2) is 4.96 Å². The van der Waals surface area contributed by atoms with E-state index in [2.05, 4.69) is 15.3 Å². The van der Waals surface area contributed by atoms with Gasteiger partial charge in [0.05, 0.1) is 11.4 Å². The molecule has 3 heterocycles. The monoisotopic (exact) mass is 335 g/mol. The van der Waals surface area contributed by atoms with Crippen molar-refractivity contribution in [2.45, 2.75) is 0 Å². The molecule has 0 fully saturated rings. The average molecular weight is 335 g/mol. The van der Waals surface area contributed by atoms with Crippen LogP contribution in [-0.2, 0) is 0 Å². The van der Waals surface area contributed by atoms with Crippen LogP contribution in [0.2, 0.25) is 0 Å². The molecule has 3 aromatic heterocycles. The number of benzene rings is 1. The minimum atomic E-state index is -0.288. The number of anilines is 2. The van der Waals surface area contributed by atoms with Crippen LogP contribution in [0.4, 0.5) is 11.4 Å². The molecule has 0 saturated carbocycles. The SMILES string of the molecule is Nc1ccc(-c2ccncc2)cc1NC(=O)c1cn2ccsc2n1. The minimum Gasteiger partial charge on any atom is -0.397 e. The number of nitrogen functional groups attached to an aromatic ring is 1. The molecule has 6 nitrogen and oxygen atoms in total. The Balaban J connectivity index is 1.64. The number of nitrogens with one attached hydrogen (secondary N) is 1. The number of amides is 1. The van der Waals surface area contributed by atoms with Gasteiger partial charge in [0.2, 0.25) is 0 Å². The lowest BCUT2D eigenvalue weighted by Crippen LogP contribution is -2.13. The molecule has 24 heavy (non-hydrogen) atoms. The predicted octanol–water partition coefficient (Wildman–Crippen LogP) is 3.29. The standard InChI is InChI=1S/C17H13N5OS/c18-13-2-1-12(11-3-5-19-6-4-11)9-14(13)20-16(23)15-10-22-7-8-24-17(22)21-15/h1-10H,18H2,(H,20,23). The third-order valence-corrected chi connectivity index (χ3v) is 4.41. The lowest BCUT2D eigenvalue weighted by molar-refractivity contribution is 0.102. The Labute approximate surface area is 141 Å². The first-order chi connectivity index (χ1) is 11.7. The van der Waals surface area contributed by atoms with Gasteiger partial charge in [0.1, 0.15) is 5.69 Å². The molecule has 1 aromatic carbocycles. The van der Waals surface area contributed by atoms with E-state index in [0.29, 0.717) is 17.1 Å². The fraction of sp³-hybridized carbons (Fsp3) is 0. The van der Waals surface area contributed by atoms with E-state index in [1.807, 2.05) is 40.2 Å². The Bertz CT molecular complexity index is 993. The van der Waals surface area contributed by atoms with Gasteiger partial charge in [-0.15, -0.1) is 11.3 Å². The summed E-state index contributed by atoms with van der Waals surface area (Å²) >= 11 is 1.48. The van der Waals surface area contributed by atoms with Crippen LogP contribution in [0.3, 0.4) is 0 Å². The van der Waals surface area contributed by atoms with Gasteiger partial charge >= 0.3 is 0 Å². The Kier molecular flexibility index (Phi) is 3.47. The van der Waals surface area contributed by atoms with E-state index in [-0.39, 0.29) is 5.91 Å². The first kappa shape index (κ1) is 14.4. The maximum Gasteiger partial charge on any atom is 0.275 e. The van der Waals surface area contributed by atoms with E-state index >= 15 is 0 Å². The highest BCUT2D eigenvalue weighted by molar-refractivity contribution is 7.15. The highest BCUT2D eigenvalue weighted by Crippen LogP contribution is 2.27. The van der Waals surface area contributed by atoms with Gasteiger partial charge in [-0.3, -0.25) is 14.2 Å². The summed E-state index contributed by atoms with van der Waals surface area (Å²) in [6.45, 7) is 0. The molecule has 4 aromatic rings. The Morgan fingerprint density at radius 2 is 2.00 bits per heavy atom. The zero-order chi connectivity index (χ0) is 16.5. The van der Waals surface area contributed by atoms with Crippen LogP contribution >= 0.6 is 11.3 Å². The fourth-order valence-electron chi connectivity index (χ4n) is 2.41. The quantitative estimate of drug-likeness (QED) is 0.563. The third kappa shape index (κ3) is 2.61. The van der Waals surface area contributed by atoms with E-state index in [1.165, 1.54) is 11.3 Å². The van der Waals surface area contributed by atoms with Crippen molar-refractivity contribution in [3.8, 4) is 11.1 Å². The second-order valence-corrected chi connectivity index (χ2v) is 6.08.